The lowest BCUT2D eigenvalue weighted by Crippen LogP contribution is -2.27. The molecule has 10 rings (SSSR count). The molecule has 10 aromatic rings. The molecule has 0 aliphatic carbocycles. The first-order valence-corrected chi connectivity index (χ1v) is 26.7. The Hall–Kier alpha value is -9.60. The van der Waals surface area contributed by atoms with Gasteiger partial charge in [-0.1, -0.05) is 147 Å². The second-order valence-corrected chi connectivity index (χ2v) is 21.8. The molecule has 9 heteroatoms. The van der Waals surface area contributed by atoms with Crippen molar-refractivity contribution in [3.63, 3.8) is 0 Å². The van der Waals surface area contributed by atoms with Crippen LogP contribution in [0.3, 0.4) is 0 Å². The van der Waals surface area contributed by atoms with Crippen molar-refractivity contribution in [1.82, 2.24) is 0 Å². The first-order valence-electron chi connectivity index (χ1n) is 26.7. The molecule has 10 aromatic carbocycles. The summed E-state index contributed by atoms with van der Waals surface area (Å²) in [6, 6.07) is 62.6. The quantitative estimate of drug-likeness (QED) is 0.0401. The summed E-state index contributed by atoms with van der Waals surface area (Å²) in [6.45, 7) is 6.50. The minimum atomic E-state index is -0.988. The van der Waals surface area contributed by atoms with E-state index in [1.54, 1.807) is 72.8 Å². The predicted molar refractivity (Wildman–Crippen MR) is 314 cm³/mol. The average molecular weight is 1060 g/mol. The molecule has 0 bridgehead atoms. The number of aromatic hydroxyl groups is 9. The van der Waals surface area contributed by atoms with Crippen molar-refractivity contribution in [3.8, 4) is 51.7 Å². The summed E-state index contributed by atoms with van der Waals surface area (Å²) < 4.78 is 0. The first-order chi connectivity index (χ1) is 38.4. The predicted octanol–water partition coefficient (Wildman–Crippen LogP) is 14.3. The molecule has 0 spiro atoms. The molecule has 0 fully saturated rings. The molecule has 0 amide bonds. The van der Waals surface area contributed by atoms with Gasteiger partial charge in [0.15, 0.2) is 0 Å². The number of phenolic OH excluding ortho intramolecular Hbond substituents is 9. The summed E-state index contributed by atoms with van der Waals surface area (Å²) in [7, 11) is 0. The van der Waals surface area contributed by atoms with Gasteiger partial charge in [-0.2, -0.15) is 0 Å². The Morgan fingerprint density at radius 2 is 0.412 bits per heavy atom. The van der Waals surface area contributed by atoms with E-state index in [9.17, 15) is 46.0 Å². The standard InChI is InChI=1S/C71H64O9/c1-70(2,58-38-50(32-44-4-20-61(72)21-5-44)67(78)51(39-58)33-45-6-22-62(73)23-7-45)56-16-18-57(19-17-56)71(3,59-40-52(34-46-8-24-63(74)25-9-46)68(79)53(41-59)35-47-10-26-64(75)27-11-47)60-42-54(36-48-12-28-65(76)29-13-48)69(80)55(43-60)37-49-14-30-66(77)31-15-49/h4-31,38-43,72-80H,32-37H2,1-3H3. The highest BCUT2D eigenvalue weighted by Gasteiger charge is 2.36. The van der Waals surface area contributed by atoms with Crippen LogP contribution in [-0.2, 0) is 49.4 Å². The second-order valence-electron chi connectivity index (χ2n) is 21.8. The Bertz CT molecular complexity index is 3440. The molecule has 0 aliphatic rings. The van der Waals surface area contributed by atoms with Crippen molar-refractivity contribution in [2.75, 3.05) is 0 Å². The van der Waals surface area contributed by atoms with Crippen molar-refractivity contribution in [3.05, 3.63) is 301 Å². The molecular weight excluding hydrogens is 997 g/mol. The van der Waals surface area contributed by atoms with Gasteiger partial charge in [0.2, 0.25) is 0 Å². The Labute approximate surface area is 466 Å². The smallest absolute Gasteiger partial charge is 0.122 e. The van der Waals surface area contributed by atoms with Crippen LogP contribution in [0.15, 0.2) is 206 Å². The molecule has 9 N–H and O–H groups in total. The van der Waals surface area contributed by atoms with Gasteiger partial charge < -0.3 is 46.0 Å². The van der Waals surface area contributed by atoms with Crippen LogP contribution in [0.2, 0.25) is 0 Å². The van der Waals surface area contributed by atoms with Crippen LogP contribution in [0.5, 0.6) is 51.7 Å². The molecule has 0 aromatic heterocycles. The minimum absolute atomic E-state index is 0.129. The summed E-state index contributed by atoms with van der Waals surface area (Å²) in [5, 5.41) is 97.7. The van der Waals surface area contributed by atoms with Crippen molar-refractivity contribution in [2.45, 2.75) is 70.1 Å². The van der Waals surface area contributed by atoms with Crippen LogP contribution in [-0.4, -0.2) is 46.0 Å². The summed E-state index contributed by atoms with van der Waals surface area (Å²) in [4.78, 5) is 0. The summed E-state index contributed by atoms with van der Waals surface area (Å²) in [5.74, 6) is 1.28. The van der Waals surface area contributed by atoms with E-state index in [4.69, 9.17) is 0 Å². The lowest BCUT2D eigenvalue weighted by atomic mass is 9.68. The molecule has 0 saturated heterocycles. The molecule has 0 unspecified atom stereocenters. The SMILES string of the molecule is CC(C)(c1ccc(C(C)(c2cc(Cc3ccc(O)cc3)c(O)c(Cc3ccc(O)cc3)c2)c2cc(Cc3ccc(O)cc3)c(O)c(Cc3ccc(O)cc3)c2)cc1)c1cc(Cc2ccc(O)cc2)c(O)c(Cc2ccc(O)cc2)c1. The third kappa shape index (κ3) is 11.8. The maximum Gasteiger partial charge on any atom is 0.122 e. The fourth-order valence-corrected chi connectivity index (χ4v) is 10.9. The molecule has 0 heterocycles. The van der Waals surface area contributed by atoms with E-state index < -0.39 is 10.8 Å². The molecule has 0 saturated carbocycles. The van der Waals surface area contributed by atoms with Crippen molar-refractivity contribution >= 4 is 0 Å². The number of benzene rings is 10. The second kappa shape index (κ2) is 22.4. The highest BCUT2D eigenvalue weighted by atomic mass is 16.3. The topological polar surface area (TPSA) is 182 Å². The van der Waals surface area contributed by atoms with E-state index >= 15 is 0 Å². The molecular formula is C71H64O9. The fourth-order valence-electron chi connectivity index (χ4n) is 10.9. The normalized spacial score (nSPS) is 11.7. The number of hydrogen-bond donors (Lipinski definition) is 9. The molecule has 9 nitrogen and oxygen atoms in total. The van der Waals surface area contributed by atoms with E-state index in [0.717, 1.165) is 72.3 Å². The lowest BCUT2D eigenvalue weighted by molar-refractivity contribution is 0.461. The minimum Gasteiger partial charge on any atom is -0.508 e. The largest absolute Gasteiger partial charge is 0.508 e. The Morgan fingerprint density at radius 3 is 0.625 bits per heavy atom. The maximum absolute atomic E-state index is 12.3. The zero-order valence-electron chi connectivity index (χ0n) is 44.9. The van der Waals surface area contributed by atoms with Gasteiger partial charge in [-0.15, -0.1) is 0 Å². The Balaban J connectivity index is 1.16. The van der Waals surface area contributed by atoms with Gasteiger partial charge in [0.1, 0.15) is 51.7 Å². The van der Waals surface area contributed by atoms with E-state index in [-0.39, 0.29) is 51.7 Å². The highest BCUT2D eigenvalue weighted by molar-refractivity contribution is 5.61. The van der Waals surface area contributed by atoms with E-state index in [1.807, 2.05) is 97.1 Å². The monoisotopic (exact) mass is 1060 g/mol. The molecule has 0 radical (unpaired) electrons. The van der Waals surface area contributed by atoms with Crippen LogP contribution in [0.4, 0.5) is 0 Å². The van der Waals surface area contributed by atoms with Crippen LogP contribution in [0.25, 0.3) is 0 Å². The van der Waals surface area contributed by atoms with E-state index in [1.165, 1.54) is 0 Å². The Kier molecular flexibility index (Phi) is 15.1. The number of rotatable bonds is 17. The molecule has 80 heavy (non-hydrogen) atoms. The first kappa shape index (κ1) is 53.8. The molecule has 402 valence electrons. The van der Waals surface area contributed by atoms with E-state index in [0.29, 0.717) is 60.8 Å². The third-order valence-electron chi connectivity index (χ3n) is 15.8. The van der Waals surface area contributed by atoms with Crippen molar-refractivity contribution < 1.29 is 46.0 Å². The van der Waals surface area contributed by atoms with Gasteiger partial charge >= 0.3 is 0 Å². The van der Waals surface area contributed by atoms with Crippen molar-refractivity contribution in [2.24, 2.45) is 0 Å². The van der Waals surface area contributed by atoms with Gasteiger partial charge in [-0.05, 0) is 174 Å². The molecule has 0 atom stereocenters. The van der Waals surface area contributed by atoms with Gasteiger partial charge in [0.05, 0.1) is 0 Å². The summed E-state index contributed by atoms with van der Waals surface area (Å²) in [6.07, 6.45) is 2.21. The maximum atomic E-state index is 12.3. The van der Waals surface area contributed by atoms with Crippen LogP contribution in [0, 0.1) is 0 Å². The van der Waals surface area contributed by atoms with Crippen LogP contribution >= 0.6 is 0 Å². The lowest BCUT2D eigenvalue weighted by Gasteiger charge is -2.35. The van der Waals surface area contributed by atoms with E-state index in [2.05, 4.69) is 57.2 Å². The van der Waals surface area contributed by atoms with Crippen molar-refractivity contribution in [1.29, 1.82) is 0 Å². The van der Waals surface area contributed by atoms with Crippen LogP contribution < -0.4 is 0 Å². The fraction of sp³-hybridized carbons (Fsp3) is 0.155. The number of hydrogen-bond acceptors (Lipinski definition) is 9. The zero-order chi connectivity index (χ0) is 56.3. The van der Waals surface area contributed by atoms with Gasteiger partial charge in [-0.3, -0.25) is 0 Å². The highest BCUT2D eigenvalue weighted by Crippen LogP contribution is 2.46. The zero-order valence-corrected chi connectivity index (χ0v) is 44.9. The molecule has 0 aliphatic heterocycles. The summed E-state index contributed by atoms with van der Waals surface area (Å²) >= 11 is 0. The van der Waals surface area contributed by atoms with Gasteiger partial charge in [0, 0.05) is 49.4 Å². The Morgan fingerprint density at radius 1 is 0.225 bits per heavy atom. The van der Waals surface area contributed by atoms with Gasteiger partial charge in [0.25, 0.3) is 0 Å². The summed E-state index contributed by atoms with van der Waals surface area (Å²) in [5.41, 5.74) is 12.5. The van der Waals surface area contributed by atoms with Gasteiger partial charge in [-0.25, -0.2) is 0 Å². The third-order valence-corrected chi connectivity index (χ3v) is 15.8. The average Bonchev–Trinajstić information content (AvgIpc) is 3.47. The number of phenols is 9. The van der Waals surface area contributed by atoms with Crippen LogP contribution in [0.1, 0.15) is 115 Å².